The first kappa shape index (κ1) is 18.4. The summed E-state index contributed by atoms with van der Waals surface area (Å²) in [6.07, 6.45) is 5.66. The molecule has 0 aliphatic carbocycles. The molecule has 1 aliphatic rings. The number of hydrogen-bond donors (Lipinski definition) is 2. The van der Waals surface area contributed by atoms with Gasteiger partial charge in [-0.1, -0.05) is 30.7 Å². The molecule has 0 spiro atoms. The Kier molecular flexibility index (Phi) is 6.23. The van der Waals surface area contributed by atoms with Gasteiger partial charge in [-0.2, -0.15) is 0 Å². The molecule has 1 amide bonds. The van der Waals surface area contributed by atoms with Gasteiger partial charge in [0, 0.05) is 32.4 Å². The number of anilines is 1. The fourth-order valence-electron chi connectivity index (χ4n) is 3.44. The lowest BCUT2D eigenvalue weighted by molar-refractivity contribution is 0.0963. The van der Waals surface area contributed by atoms with E-state index in [2.05, 4.69) is 51.7 Å². The molecule has 5 nitrogen and oxygen atoms in total. The van der Waals surface area contributed by atoms with Crippen molar-refractivity contribution in [2.24, 2.45) is 0 Å². The molecule has 1 aromatic carbocycles. The summed E-state index contributed by atoms with van der Waals surface area (Å²) in [5.41, 5.74) is 3.09. The standard InChI is InChI=1S/C21H28N4O/c1-16-6-3-4-13-25(16)15-18-10-8-17(9-11-18)14-24-20-19(21(26)22-2)7-5-12-23-20/h5,7-12,16H,3-4,6,13-15H2,1-2H3,(H,22,26)(H,23,24). The van der Waals surface area contributed by atoms with Crippen LogP contribution < -0.4 is 10.6 Å². The van der Waals surface area contributed by atoms with Gasteiger partial charge in [-0.05, 0) is 49.6 Å². The predicted octanol–water partition coefficient (Wildman–Crippen LogP) is 3.43. The van der Waals surface area contributed by atoms with Crippen molar-refractivity contribution in [1.82, 2.24) is 15.2 Å². The number of carbonyl (C=O) groups excluding carboxylic acids is 1. The molecule has 1 atom stereocenters. The lowest BCUT2D eigenvalue weighted by atomic mass is 10.0. The van der Waals surface area contributed by atoms with Crippen LogP contribution in [0.15, 0.2) is 42.6 Å². The molecule has 3 rings (SSSR count). The van der Waals surface area contributed by atoms with Crippen LogP contribution in [0.2, 0.25) is 0 Å². The van der Waals surface area contributed by atoms with E-state index in [1.54, 1.807) is 25.4 Å². The summed E-state index contributed by atoms with van der Waals surface area (Å²) in [5.74, 6) is 0.477. The number of benzene rings is 1. The van der Waals surface area contributed by atoms with Gasteiger partial charge in [0.1, 0.15) is 5.82 Å². The second-order valence-electron chi connectivity index (χ2n) is 6.96. The Morgan fingerprint density at radius 3 is 2.69 bits per heavy atom. The van der Waals surface area contributed by atoms with Gasteiger partial charge < -0.3 is 10.6 Å². The van der Waals surface area contributed by atoms with Gasteiger partial charge in [0.25, 0.3) is 5.91 Å². The molecule has 2 aromatic rings. The number of pyridine rings is 1. The molecule has 138 valence electrons. The van der Waals surface area contributed by atoms with Crippen LogP contribution in [0.1, 0.15) is 47.7 Å². The summed E-state index contributed by atoms with van der Waals surface area (Å²) in [6, 6.07) is 12.9. The molecule has 5 heteroatoms. The highest BCUT2D eigenvalue weighted by Gasteiger charge is 2.18. The number of likely N-dealkylation sites (tertiary alicyclic amines) is 1. The number of aromatic nitrogens is 1. The smallest absolute Gasteiger partial charge is 0.254 e. The van der Waals surface area contributed by atoms with Crippen molar-refractivity contribution >= 4 is 11.7 Å². The number of carbonyl (C=O) groups is 1. The molecular formula is C21H28N4O. The molecular weight excluding hydrogens is 324 g/mol. The quantitative estimate of drug-likeness (QED) is 0.836. The third-order valence-corrected chi connectivity index (χ3v) is 5.09. The fraction of sp³-hybridized carbons (Fsp3) is 0.429. The van der Waals surface area contributed by atoms with Crippen LogP contribution in [0.4, 0.5) is 5.82 Å². The summed E-state index contributed by atoms with van der Waals surface area (Å²) in [6.45, 7) is 5.19. The van der Waals surface area contributed by atoms with Crippen LogP contribution in [0.5, 0.6) is 0 Å². The molecule has 2 heterocycles. The van der Waals surface area contributed by atoms with E-state index in [9.17, 15) is 4.79 Å². The molecule has 1 aromatic heterocycles. The second-order valence-corrected chi connectivity index (χ2v) is 6.96. The SMILES string of the molecule is CNC(=O)c1cccnc1NCc1ccc(CN2CCCCC2C)cc1. The molecule has 2 N–H and O–H groups in total. The Morgan fingerprint density at radius 1 is 1.19 bits per heavy atom. The maximum atomic E-state index is 11.9. The molecule has 1 saturated heterocycles. The zero-order valence-electron chi connectivity index (χ0n) is 15.7. The van der Waals surface area contributed by atoms with Crippen LogP contribution in [-0.4, -0.2) is 35.4 Å². The highest BCUT2D eigenvalue weighted by molar-refractivity contribution is 5.98. The van der Waals surface area contributed by atoms with Crippen molar-refractivity contribution in [3.8, 4) is 0 Å². The summed E-state index contributed by atoms with van der Waals surface area (Å²) in [7, 11) is 1.63. The van der Waals surface area contributed by atoms with Crippen LogP contribution >= 0.6 is 0 Å². The van der Waals surface area contributed by atoms with E-state index in [4.69, 9.17) is 0 Å². The topological polar surface area (TPSA) is 57.3 Å². The lowest BCUT2D eigenvalue weighted by Crippen LogP contribution is -2.36. The zero-order chi connectivity index (χ0) is 18.4. The number of nitrogens with zero attached hydrogens (tertiary/aromatic N) is 2. The van der Waals surface area contributed by atoms with Gasteiger partial charge in [-0.3, -0.25) is 9.69 Å². The number of piperidine rings is 1. The largest absolute Gasteiger partial charge is 0.365 e. The summed E-state index contributed by atoms with van der Waals surface area (Å²) in [5, 5.41) is 5.92. The second kappa shape index (κ2) is 8.81. The Bertz CT molecular complexity index is 729. The number of rotatable bonds is 6. The van der Waals surface area contributed by atoms with Gasteiger partial charge in [-0.15, -0.1) is 0 Å². The first-order valence-corrected chi connectivity index (χ1v) is 9.40. The minimum absolute atomic E-state index is 0.133. The third-order valence-electron chi connectivity index (χ3n) is 5.09. The minimum Gasteiger partial charge on any atom is -0.365 e. The Balaban J connectivity index is 1.59. The fourth-order valence-corrected chi connectivity index (χ4v) is 3.44. The van der Waals surface area contributed by atoms with E-state index in [1.807, 2.05) is 0 Å². The van der Waals surface area contributed by atoms with E-state index < -0.39 is 0 Å². The first-order chi connectivity index (χ1) is 12.7. The van der Waals surface area contributed by atoms with Crippen molar-refractivity contribution < 1.29 is 4.79 Å². The van der Waals surface area contributed by atoms with E-state index in [-0.39, 0.29) is 5.91 Å². The van der Waals surface area contributed by atoms with Gasteiger partial charge in [-0.25, -0.2) is 4.98 Å². The summed E-state index contributed by atoms with van der Waals surface area (Å²) in [4.78, 5) is 18.8. The molecule has 0 saturated carbocycles. The molecule has 26 heavy (non-hydrogen) atoms. The molecule has 1 aliphatic heterocycles. The summed E-state index contributed by atoms with van der Waals surface area (Å²) < 4.78 is 0. The summed E-state index contributed by atoms with van der Waals surface area (Å²) >= 11 is 0. The third kappa shape index (κ3) is 4.61. The maximum Gasteiger partial charge on any atom is 0.254 e. The van der Waals surface area contributed by atoms with Gasteiger partial charge >= 0.3 is 0 Å². The van der Waals surface area contributed by atoms with Crippen molar-refractivity contribution in [2.45, 2.75) is 45.3 Å². The first-order valence-electron chi connectivity index (χ1n) is 9.40. The highest BCUT2D eigenvalue weighted by Crippen LogP contribution is 2.19. The van der Waals surface area contributed by atoms with Crippen LogP contribution in [0.3, 0.4) is 0 Å². The highest BCUT2D eigenvalue weighted by atomic mass is 16.1. The molecule has 1 fully saturated rings. The number of hydrogen-bond acceptors (Lipinski definition) is 4. The molecule has 1 unspecified atom stereocenters. The van der Waals surface area contributed by atoms with Gasteiger partial charge in [0.15, 0.2) is 0 Å². The van der Waals surface area contributed by atoms with E-state index >= 15 is 0 Å². The minimum atomic E-state index is -0.133. The van der Waals surface area contributed by atoms with Crippen LogP contribution in [-0.2, 0) is 13.1 Å². The number of amides is 1. The number of nitrogens with one attached hydrogen (secondary N) is 2. The van der Waals surface area contributed by atoms with Crippen LogP contribution in [0, 0.1) is 0 Å². The van der Waals surface area contributed by atoms with Crippen molar-refractivity contribution in [3.63, 3.8) is 0 Å². The average Bonchev–Trinajstić information content (AvgIpc) is 2.69. The monoisotopic (exact) mass is 352 g/mol. The lowest BCUT2D eigenvalue weighted by Gasteiger charge is -2.33. The van der Waals surface area contributed by atoms with Crippen LogP contribution in [0.25, 0.3) is 0 Å². The van der Waals surface area contributed by atoms with Gasteiger partial charge in [0.05, 0.1) is 5.56 Å². The van der Waals surface area contributed by atoms with E-state index in [0.717, 1.165) is 6.54 Å². The molecule has 0 radical (unpaired) electrons. The average molecular weight is 352 g/mol. The maximum absolute atomic E-state index is 11.9. The Labute approximate surface area is 155 Å². The Hall–Kier alpha value is -2.40. The van der Waals surface area contributed by atoms with Crippen molar-refractivity contribution in [1.29, 1.82) is 0 Å². The van der Waals surface area contributed by atoms with Gasteiger partial charge in [0.2, 0.25) is 0 Å². The molecule has 0 bridgehead atoms. The van der Waals surface area contributed by atoms with E-state index in [0.29, 0.717) is 24.0 Å². The van der Waals surface area contributed by atoms with Crippen molar-refractivity contribution in [2.75, 3.05) is 18.9 Å². The predicted molar refractivity (Wildman–Crippen MR) is 105 cm³/mol. The normalized spacial score (nSPS) is 17.7. The zero-order valence-corrected chi connectivity index (χ0v) is 15.7. The Morgan fingerprint density at radius 2 is 1.96 bits per heavy atom. The van der Waals surface area contributed by atoms with Crippen molar-refractivity contribution in [3.05, 3.63) is 59.3 Å². The van der Waals surface area contributed by atoms with E-state index in [1.165, 1.54) is 36.9 Å².